The van der Waals surface area contributed by atoms with E-state index in [1.165, 1.54) is 25.7 Å². The van der Waals surface area contributed by atoms with Gasteiger partial charge >= 0.3 is 5.97 Å². The Morgan fingerprint density at radius 3 is 2.74 bits per heavy atom. The summed E-state index contributed by atoms with van der Waals surface area (Å²) in [6.45, 7) is 6.29. The SMILES string of the molecule is CCCC1(C(=O)O)CCCN(C2CCCC2CC)C1. The second-order valence-electron chi connectivity index (χ2n) is 6.58. The topological polar surface area (TPSA) is 40.5 Å². The molecule has 2 rings (SSSR count). The quantitative estimate of drug-likeness (QED) is 0.828. The van der Waals surface area contributed by atoms with Crippen molar-refractivity contribution in [2.45, 2.75) is 71.3 Å². The van der Waals surface area contributed by atoms with Gasteiger partial charge in [-0.3, -0.25) is 9.69 Å². The van der Waals surface area contributed by atoms with E-state index < -0.39 is 11.4 Å². The number of hydrogen-bond donors (Lipinski definition) is 1. The molecule has 0 amide bonds. The maximum absolute atomic E-state index is 11.8. The Morgan fingerprint density at radius 2 is 2.11 bits per heavy atom. The summed E-state index contributed by atoms with van der Waals surface area (Å²) in [6.07, 6.45) is 8.92. The van der Waals surface area contributed by atoms with Crippen molar-refractivity contribution in [3.63, 3.8) is 0 Å². The molecule has 3 atom stereocenters. The molecular formula is C16H29NO2. The highest BCUT2D eigenvalue weighted by molar-refractivity contribution is 5.75. The molecule has 1 aliphatic heterocycles. The van der Waals surface area contributed by atoms with E-state index >= 15 is 0 Å². The zero-order valence-corrected chi connectivity index (χ0v) is 12.5. The number of aliphatic carboxylic acids is 1. The first kappa shape index (κ1) is 14.8. The number of nitrogens with zero attached hydrogens (tertiary/aromatic N) is 1. The van der Waals surface area contributed by atoms with Gasteiger partial charge in [0.1, 0.15) is 0 Å². The van der Waals surface area contributed by atoms with Gasteiger partial charge in [0.25, 0.3) is 0 Å². The Kier molecular flexibility index (Phi) is 4.88. The molecule has 1 saturated heterocycles. The van der Waals surface area contributed by atoms with Gasteiger partial charge in [0.2, 0.25) is 0 Å². The highest BCUT2D eigenvalue weighted by Gasteiger charge is 2.44. The molecule has 110 valence electrons. The first-order valence-corrected chi connectivity index (χ1v) is 8.10. The summed E-state index contributed by atoms with van der Waals surface area (Å²) in [5.74, 6) is 0.233. The lowest BCUT2D eigenvalue weighted by Crippen LogP contribution is -2.52. The summed E-state index contributed by atoms with van der Waals surface area (Å²) in [5.41, 5.74) is -0.464. The molecule has 1 N–H and O–H groups in total. The molecule has 0 spiro atoms. The van der Waals surface area contributed by atoms with Crippen molar-refractivity contribution in [1.29, 1.82) is 0 Å². The zero-order chi connectivity index (χ0) is 13.9. The molecule has 0 bridgehead atoms. The molecule has 0 aromatic heterocycles. The Morgan fingerprint density at radius 1 is 1.32 bits per heavy atom. The molecule has 3 nitrogen and oxygen atoms in total. The average molecular weight is 267 g/mol. The van der Waals surface area contributed by atoms with E-state index in [0.29, 0.717) is 6.04 Å². The van der Waals surface area contributed by atoms with Crippen molar-refractivity contribution >= 4 is 5.97 Å². The van der Waals surface area contributed by atoms with Gasteiger partial charge in [-0.1, -0.05) is 33.1 Å². The van der Waals surface area contributed by atoms with Crippen LogP contribution in [0.25, 0.3) is 0 Å². The Labute approximate surface area is 117 Å². The third-order valence-corrected chi connectivity index (χ3v) is 5.40. The van der Waals surface area contributed by atoms with Crippen molar-refractivity contribution in [3.8, 4) is 0 Å². The van der Waals surface area contributed by atoms with E-state index in [-0.39, 0.29) is 0 Å². The summed E-state index contributed by atoms with van der Waals surface area (Å²) in [7, 11) is 0. The van der Waals surface area contributed by atoms with Gasteiger partial charge in [0.15, 0.2) is 0 Å². The van der Waals surface area contributed by atoms with Gasteiger partial charge in [-0.05, 0) is 44.6 Å². The predicted octanol–water partition coefficient (Wildman–Crippen LogP) is 3.53. The summed E-state index contributed by atoms with van der Waals surface area (Å²) in [5, 5.41) is 9.68. The summed E-state index contributed by atoms with van der Waals surface area (Å²) >= 11 is 0. The van der Waals surface area contributed by atoms with Crippen LogP contribution in [0.2, 0.25) is 0 Å². The Balaban J connectivity index is 2.09. The fourth-order valence-corrected chi connectivity index (χ4v) is 4.39. The van der Waals surface area contributed by atoms with Gasteiger partial charge in [-0.15, -0.1) is 0 Å². The van der Waals surface area contributed by atoms with Crippen molar-refractivity contribution in [2.75, 3.05) is 13.1 Å². The third-order valence-electron chi connectivity index (χ3n) is 5.40. The normalized spacial score (nSPS) is 36.5. The molecule has 2 fully saturated rings. The number of hydrogen-bond acceptors (Lipinski definition) is 2. The van der Waals surface area contributed by atoms with E-state index in [1.54, 1.807) is 0 Å². The average Bonchev–Trinajstić information content (AvgIpc) is 2.87. The van der Waals surface area contributed by atoms with E-state index in [1.807, 2.05) is 0 Å². The predicted molar refractivity (Wildman–Crippen MR) is 77.2 cm³/mol. The first-order chi connectivity index (χ1) is 9.13. The fourth-order valence-electron chi connectivity index (χ4n) is 4.39. The molecule has 0 aromatic rings. The minimum atomic E-state index is -0.565. The molecule has 0 radical (unpaired) electrons. The molecule has 0 aromatic carbocycles. The fraction of sp³-hybridized carbons (Fsp3) is 0.938. The van der Waals surface area contributed by atoms with Crippen LogP contribution >= 0.6 is 0 Å². The van der Waals surface area contributed by atoms with Crippen LogP contribution in [0, 0.1) is 11.3 Å². The molecule has 1 heterocycles. The van der Waals surface area contributed by atoms with E-state index in [2.05, 4.69) is 18.7 Å². The van der Waals surface area contributed by atoms with E-state index in [9.17, 15) is 9.90 Å². The highest BCUT2D eigenvalue weighted by Crippen LogP contribution is 2.40. The van der Waals surface area contributed by atoms with Crippen LogP contribution in [-0.4, -0.2) is 35.1 Å². The van der Waals surface area contributed by atoms with Crippen LogP contribution < -0.4 is 0 Å². The van der Waals surface area contributed by atoms with Gasteiger partial charge < -0.3 is 5.11 Å². The molecule has 19 heavy (non-hydrogen) atoms. The van der Waals surface area contributed by atoms with Crippen molar-refractivity contribution in [2.24, 2.45) is 11.3 Å². The standard InChI is InChI=1S/C16H29NO2/c1-3-9-16(15(18)19)10-6-11-17(12-16)14-8-5-7-13(14)4-2/h13-14H,3-12H2,1-2H3,(H,18,19). The lowest BCUT2D eigenvalue weighted by molar-refractivity contribution is -0.154. The maximum Gasteiger partial charge on any atom is 0.310 e. The number of piperidine rings is 1. The first-order valence-electron chi connectivity index (χ1n) is 8.10. The summed E-state index contributed by atoms with van der Waals surface area (Å²) in [6, 6.07) is 0.654. The molecule has 2 aliphatic rings. The second-order valence-corrected chi connectivity index (χ2v) is 6.58. The van der Waals surface area contributed by atoms with Crippen LogP contribution in [0.1, 0.15) is 65.2 Å². The zero-order valence-electron chi connectivity index (χ0n) is 12.5. The molecule has 3 heteroatoms. The number of rotatable bonds is 5. The molecule has 1 aliphatic carbocycles. The number of carboxylic acid groups (broad SMARTS) is 1. The van der Waals surface area contributed by atoms with Crippen LogP contribution in [-0.2, 0) is 4.79 Å². The van der Waals surface area contributed by atoms with Crippen molar-refractivity contribution < 1.29 is 9.90 Å². The molecule has 1 saturated carbocycles. The lowest BCUT2D eigenvalue weighted by Gasteiger charge is -2.44. The largest absolute Gasteiger partial charge is 0.481 e. The number of likely N-dealkylation sites (tertiary alicyclic amines) is 1. The van der Waals surface area contributed by atoms with E-state index in [4.69, 9.17) is 0 Å². The van der Waals surface area contributed by atoms with E-state index in [0.717, 1.165) is 44.7 Å². The lowest BCUT2D eigenvalue weighted by atomic mass is 9.75. The van der Waals surface area contributed by atoms with Gasteiger partial charge in [-0.25, -0.2) is 0 Å². The second kappa shape index (κ2) is 6.25. The summed E-state index contributed by atoms with van der Waals surface area (Å²) in [4.78, 5) is 14.3. The minimum absolute atomic E-state index is 0.464. The Hall–Kier alpha value is -0.570. The van der Waals surface area contributed by atoms with Crippen molar-refractivity contribution in [3.05, 3.63) is 0 Å². The van der Waals surface area contributed by atoms with Crippen LogP contribution in [0.3, 0.4) is 0 Å². The molecular weight excluding hydrogens is 238 g/mol. The van der Waals surface area contributed by atoms with Gasteiger partial charge in [0.05, 0.1) is 5.41 Å². The van der Waals surface area contributed by atoms with Crippen LogP contribution in [0.15, 0.2) is 0 Å². The minimum Gasteiger partial charge on any atom is -0.481 e. The number of carboxylic acids is 1. The monoisotopic (exact) mass is 267 g/mol. The molecule has 3 unspecified atom stereocenters. The van der Waals surface area contributed by atoms with Gasteiger partial charge in [0, 0.05) is 12.6 Å². The smallest absolute Gasteiger partial charge is 0.310 e. The maximum atomic E-state index is 11.8. The summed E-state index contributed by atoms with van der Waals surface area (Å²) < 4.78 is 0. The third kappa shape index (κ3) is 2.96. The van der Waals surface area contributed by atoms with Crippen LogP contribution in [0.4, 0.5) is 0 Å². The highest BCUT2D eigenvalue weighted by atomic mass is 16.4. The van der Waals surface area contributed by atoms with Crippen LogP contribution in [0.5, 0.6) is 0 Å². The number of carbonyl (C=O) groups is 1. The Bertz CT molecular complexity index is 314. The van der Waals surface area contributed by atoms with Gasteiger partial charge in [-0.2, -0.15) is 0 Å². The van der Waals surface area contributed by atoms with Crippen molar-refractivity contribution in [1.82, 2.24) is 4.90 Å².